The third-order valence-electron chi connectivity index (χ3n) is 10.3. The Labute approximate surface area is 324 Å². The average molecular weight is 772 g/mol. The summed E-state index contributed by atoms with van der Waals surface area (Å²) in [7, 11) is 0. The number of piperidine rings is 1. The maximum absolute atomic E-state index is 13.3. The Morgan fingerprint density at radius 2 is 1.85 bits per heavy atom. The van der Waals surface area contributed by atoms with Crippen LogP contribution in [0.3, 0.4) is 0 Å². The first-order valence-electron chi connectivity index (χ1n) is 18.8. The van der Waals surface area contributed by atoms with E-state index in [-0.39, 0.29) is 35.5 Å². The molecule has 0 saturated carbocycles. The number of fused-ring (bicyclic) bond motifs is 1. The molecule has 3 saturated heterocycles. The molecule has 2 atom stereocenters. The first-order chi connectivity index (χ1) is 26.7. The van der Waals surface area contributed by atoms with Crippen LogP contribution in [-0.4, -0.2) is 115 Å². The molecule has 4 aliphatic heterocycles. The van der Waals surface area contributed by atoms with Gasteiger partial charge in [0.25, 0.3) is 17.7 Å². The molecular formula is C39H46ClN9O6. The van der Waals surface area contributed by atoms with Gasteiger partial charge in [-0.2, -0.15) is 4.98 Å². The Bertz CT molecular complexity index is 1910. The number of unbranched alkanes of at least 4 members (excludes halogenated alkanes) is 1. The van der Waals surface area contributed by atoms with Crippen molar-refractivity contribution in [2.75, 3.05) is 74.6 Å². The van der Waals surface area contributed by atoms with Gasteiger partial charge < -0.3 is 35.6 Å². The average Bonchev–Trinajstić information content (AvgIpc) is 3.80. The predicted molar refractivity (Wildman–Crippen MR) is 208 cm³/mol. The van der Waals surface area contributed by atoms with Gasteiger partial charge in [0.15, 0.2) is 12.4 Å². The summed E-state index contributed by atoms with van der Waals surface area (Å²) >= 11 is 6.32. The van der Waals surface area contributed by atoms with Crippen molar-refractivity contribution in [3.63, 3.8) is 0 Å². The molecule has 5 heterocycles. The molecule has 1 aromatic heterocycles. The van der Waals surface area contributed by atoms with Crippen molar-refractivity contribution < 1.29 is 28.7 Å². The smallest absolute Gasteiger partial charge is 0.266 e. The minimum Gasteiger partial charge on any atom is -0.483 e. The van der Waals surface area contributed by atoms with Crippen LogP contribution in [-0.2, 0) is 14.3 Å². The predicted octanol–water partition coefficient (Wildman–Crippen LogP) is 3.95. The highest BCUT2D eigenvalue weighted by Crippen LogP contribution is 2.34. The van der Waals surface area contributed by atoms with E-state index in [1.165, 1.54) is 6.07 Å². The summed E-state index contributed by atoms with van der Waals surface area (Å²) in [6.07, 6.45) is 6.39. The monoisotopic (exact) mass is 771 g/mol. The number of aromatic nitrogens is 2. The zero-order chi connectivity index (χ0) is 38.3. The summed E-state index contributed by atoms with van der Waals surface area (Å²) in [4.78, 5) is 66.2. The summed E-state index contributed by atoms with van der Waals surface area (Å²) in [5, 5.41) is 12.5. The van der Waals surface area contributed by atoms with Gasteiger partial charge in [-0.05, 0) is 81.5 Å². The molecule has 55 heavy (non-hydrogen) atoms. The molecule has 2 aromatic carbocycles. The van der Waals surface area contributed by atoms with E-state index in [1.807, 2.05) is 12.1 Å². The van der Waals surface area contributed by atoms with Gasteiger partial charge in [-0.3, -0.25) is 29.0 Å². The van der Waals surface area contributed by atoms with Crippen LogP contribution >= 0.6 is 11.6 Å². The number of piperazine rings is 1. The number of ether oxygens (including phenoxy) is 2. The Morgan fingerprint density at radius 1 is 1.04 bits per heavy atom. The summed E-state index contributed by atoms with van der Waals surface area (Å²) in [6.45, 7) is 10.1. The van der Waals surface area contributed by atoms with Gasteiger partial charge in [0.05, 0.1) is 23.4 Å². The number of halogens is 1. The van der Waals surface area contributed by atoms with Crippen molar-refractivity contribution >= 4 is 58.4 Å². The van der Waals surface area contributed by atoms with E-state index in [2.05, 4.69) is 59.7 Å². The van der Waals surface area contributed by atoms with Crippen molar-refractivity contribution in [2.24, 2.45) is 0 Å². The van der Waals surface area contributed by atoms with Crippen LogP contribution in [0.1, 0.15) is 59.2 Å². The topological polar surface area (TPSA) is 170 Å². The molecule has 3 fully saturated rings. The molecule has 1 unspecified atom stereocenters. The maximum Gasteiger partial charge on any atom is 0.266 e. The normalized spacial score (nSPS) is 20.0. The number of allylic oxidation sites excluding steroid dienone is 1. The van der Waals surface area contributed by atoms with Crippen LogP contribution in [0.4, 0.5) is 23.1 Å². The van der Waals surface area contributed by atoms with E-state index in [4.69, 9.17) is 21.1 Å². The maximum atomic E-state index is 13.3. The van der Waals surface area contributed by atoms with Crippen molar-refractivity contribution in [1.82, 2.24) is 30.4 Å². The minimum absolute atomic E-state index is 0.0728. The lowest BCUT2D eigenvalue weighted by Crippen LogP contribution is -2.51. The minimum atomic E-state index is -0.920. The number of hydrogen-bond donors (Lipinski definition) is 4. The van der Waals surface area contributed by atoms with Crippen molar-refractivity contribution in [1.29, 1.82) is 0 Å². The van der Waals surface area contributed by atoms with E-state index in [0.717, 1.165) is 81.3 Å². The summed E-state index contributed by atoms with van der Waals surface area (Å²) in [5.74, 6) is -0.726. The SMILES string of the molecule is C=C1CCC(N2C(=O)c3cccc(OCC(=O)NCCCCN4CCN(c5ccc(Nc6ncc(Cl)c(NC[C@H]7CCCO7)n6)cc5)CC4)c3C2=O)C(=O)N1. The molecule has 15 nitrogen and oxygen atoms in total. The highest BCUT2D eigenvalue weighted by molar-refractivity contribution is 6.32. The van der Waals surface area contributed by atoms with Gasteiger partial charge in [-0.25, -0.2) is 4.98 Å². The van der Waals surface area contributed by atoms with Gasteiger partial charge in [0, 0.05) is 62.9 Å². The fourth-order valence-electron chi connectivity index (χ4n) is 7.25. The molecule has 0 radical (unpaired) electrons. The molecule has 7 rings (SSSR count). The molecule has 0 bridgehead atoms. The van der Waals surface area contributed by atoms with Crippen molar-refractivity contribution in [3.05, 3.63) is 77.1 Å². The lowest BCUT2D eigenvalue weighted by Gasteiger charge is -2.36. The van der Waals surface area contributed by atoms with E-state index in [9.17, 15) is 19.2 Å². The second-order valence-electron chi connectivity index (χ2n) is 14.1. The van der Waals surface area contributed by atoms with Gasteiger partial charge in [0.1, 0.15) is 16.8 Å². The summed E-state index contributed by atoms with van der Waals surface area (Å²) in [6, 6.07) is 12.0. The third kappa shape index (κ3) is 9.18. The van der Waals surface area contributed by atoms with E-state index in [1.54, 1.807) is 18.3 Å². The fourth-order valence-corrected chi connectivity index (χ4v) is 7.41. The lowest BCUT2D eigenvalue weighted by atomic mass is 10.0. The molecule has 0 spiro atoms. The molecule has 290 valence electrons. The van der Waals surface area contributed by atoms with E-state index < -0.39 is 23.8 Å². The number of nitrogens with zero attached hydrogens (tertiary/aromatic N) is 5. The zero-order valence-corrected chi connectivity index (χ0v) is 31.4. The second-order valence-corrected chi connectivity index (χ2v) is 14.5. The van der Waals surface area contributed by atoms with Gasteiger partial charge in [-0.15, -0.1) is 0 Å². The second kappa shape index (κ2) is 17.5. The highest BCUT2D eigenvalue weighted by atomic mass is 35.5. The largest absolute Gasteiger partial charge is 0.483 e. The number of benzene rings is 2. The third-order valence-corrected chi connectivity index (χ3v) is 10.5. The molecule has 16 heteroatoms. The van der Waals surface area contributed by atoms with Gasteiger partial charge in [0.2, 0.25) is 11.9 Å². The molecular weight excluding hydrogens is 726 g/mol. The van der Waals surface area contributed by atoms with Crippen LogP contribution in [0.25, 0.3) is 0 Å². The number of nitrogens with one attached hydrogen (secondary N) is 4. The molecule has 4 amide bonds. The molecule has 0 aliphatic carbocycles. The molecule has 4 aliphatic rings. The van der Waals surface area contributed by atoms with E-state index >= 15 is 0 Å². The standard InChI is InChI=1S/C39H46ClN9O6/c1-25-9-14-31(36(51)44-25)49-37(52)29-7-4-8-32(34(29)38(49)53)55-24-33(50)41-15-2-3-16-47-17-19-48(20-18-47)27-12-10-26(11-13-27)45-39-43-23-30(40)35(46-39)42-22-28-6-5-21-54-28/h4,7-8,10-13,23,28,31H,1-3,5-6,9,14-22,24H2,(H,41,50)(H,44,51)(H2,42,43,45,46)/t28-,31?/m1/s1. The molecule has 3 aromatic rings. The highest BCUT2D eigenvalue weighted by Gasteiger charge is 2.45. The number of carbonyl (C=O) groups is 4. The number of anilines is 4. The Balaban J connectivity index is 0.788. The number of imide groups is 1. The first kappa shape index (κ1) is 38.0. The van der Waals surface area contributed by atoms with Crippen LogP contribution in [0, 0.1) is 0 Å². The fraction of sp³-hybridized carbons (Fsp3) is 0.436. The summed E-state index contributed by atoms with van der Waals surface area (Å²) < 4.78 is 11.4. The number of carbonyl (C=O) groups excluding carboxylic acids is 4. The summed E-state index contributed by atoms with van der Waals surface area (Å²) in [5.41, 5.74) is 2.82. The van der Waals surface area contributed by atoms with Crippen LogP contribution in [0.15, 0.2) is 60.9 Å². The Hall–Kier alpha value is -5.25. The lowest BCUT2D eigenvalue weighted by molar-refractivity contribution is -0.125. The number of hydrogen-bond acceptors (Lipinski definition) is 12. The van der Waals surface area contributed by atoms with Crippen LogP contribution < -0.4 is 30.9 Å². The van der Waals surface area contributed by atoms with Crippen molar-refractivity contribution in [3.8, 4) is 5.75 Å². The van der Waals surface area contributed by atoms with E-state index in [0.29, 0.717) is 48.4 Å². The number of amides is 4. The Kier molecular flexibility index (Phi) is 12.1. The Morgan fingerprint density at radius 3 is 2.62 bits per heavy atom. The van der Waals surface area contributed by atoms with Gasteiger partial charge in [-0.1, -0.05) is 24.2 Å². The number of rotatable bonds is 15. The van der Waals surface area contributed by atoms with Crippen LogP contribution in [0.2, 0.25) is 5.02 Å². The zero-order valence-electron chi connectivity index (χ0n) is 30.7. The first-order valence-corrected chi connectivity index (χ1v) is 19.2. The van der Waals surface area contributed by atoms with Crippen molar-refractivity contribution in [2.45, 2.75) is 50.7 Å². The van der Waals surface area contributed by atoms with Crippen LogP contribution in [0.5, 0.6) is 5.75 Å². The van der Waals surface area contributed by atoms with Gasteiger partial charge >= 0.3 is 0 Å². The molecule has 4 N–H and O–H groups in total. The quantitative estimate of drug-likeness (QED) is 0.130.